The third-order valence-corrected chi connectivity index (χ3v) is 7.59. The number of rotatable bonds is 20. The van der Waals surface area contributed by atoms with E-state index >= 15 is 0 Å². The number of carbonyl (C=O) groups is 3. The smallest absolute Gasteiger partial charge is 0.255 e. The molecular weight excluding hydrogens is 524 g/mol. The van der Waals surface area contributed by atoms with Crippen molar-refractivity contribution in [3.05, 3.63) is 29.8 Å². The van der Waals surface area contributed by atoms with Gasteiger partial charge in [-0.1, -0.05) is 46.8 Å². The molecule has 234 valence electrons. The lowest BCUT2D eigenvalue weighted by Crippen LogP contribution is -2.49. The van der Waals surface area contributed by atoms with E-state index < -0.39 is 24.1 Å². The second kappa shape index (κ2) is 19.4. The van der Waals surface area contributed by atoms with E-state index in [0.29, 0.717) is 43.9 Å². The van der Waals surface area contributed by atoms with Gasteiger partial charge in [-0.25, -0.2) is 0 Å². The SMILES string of the molecule is CC[C@H](NC(=O)[C@@H](C[C@H](O)[C@@H](N)C[C@H](CNC(=O)c1ccccc1OCCCCOC)C(C)C)C(C)C)C(=O)NC. The Hall–Kier alpha value is -2.69. The van der Waals surface area contributed by atoms with Gasteiger partial charge in [0.1, 0.15) is 11.8 Å². The average Bonchev–Trinajstić information content (AvgIpc) is 2.95. The first-order valence-corrected chi connectivity index (χ1v) is 14.9. The Bertz CT molecular complexity index is 926. The molecule has 0 unspecified atom stereocenters. The van der Waals surface area contributed by atoms with Crippen LogP contribution in [0, 0.1) is 23.7 Å². The summed E-state index contributed by atoms with van der Waals surface area (Å²) in [4.78, 5) is 38.1. The topological polar surface area (TPSA) is 152 Å². The maximum atomic E-state index is 13.1. The van der Waals surface area contributed by atoms with Crippen molar-refractivity contribution in [1.82, 2.24) is 16.0 Å². The second-order valence-electron chi connectivity index (χ2n) is 11.4. The van der Waals surface area contributed by atoms with E-state index in [1.807, 2.05) is 26.8 Å². The molecule has 1 aromatic rings. The summed E-state index contributed by atoms with van der Waals surface area (Å²) in [6, 6.07) is 5.96. The van der Waals surface area contributed by atoms with Crippen LogP contribution in [0.3, 0.4) is 0 Å². The minimum absolute atomic E-state index is 0.00905. The first-order chi connectivity index (χ1) is 19.5. The number of nitrogens with two attached hydrogens (primary N) is 1. The molecule has 10 nitrogen and oxygen atoms in total. The average molecular weight is 579 g/mol. The maximum Gasteiger partial charge on any atom is 0.255 e. The van der Waals surface area contributed by atoms with E-state index in [4.69, 9.17) is 15.2 Å². The third kappa shape index (κ3) is 12.8. The van der Waals surface area contributed by atoms with Crippen molar-refractivity contribution in [3.8, 4) is 5.75 Å². The molecule has 1 rings (SSSR count). The van der Waals surface area contributed by atoms with Gasteiger partial charge in [0.15, 0.2) is 0 Å². The van der Waals surface area contributed by atoms with Crippen LogP contribution in [0.25, 0.3) is 0 Å². The number of methoxy groups -OCH3 is 1. The second-order valence-corrected chi connectivity index (χ2v) is 11.4. The summed E-state index contributed by atoms with van der Waals surface area (Å²) in [7, 11) is 3.20. The fourth-order valence-electron chi connectivity index (χ4n) is 4.65. The number of amides is 3. The minimum atomic E-state index is -0.919. The molecule has 3 amide bonds. The highest BCUT2D eigenvalue weighted by molar-refractivity contribution is 5.96. The van der Waals surface area contributed by atoms with Crippen LogP contribution in [0.1, 0.15) is 77.1 Å². The Balaban J connectivity index is 2.77. The molecule has 0 fully saturated rings. The largest absolute Gasteiger partial charge is 0.493 e. The number of hydrogen-bond acceptors (Lipinski definition) is 7. The molecular formula is C31H54N4O6. The highest BCUT2D eigenvalue weighted by Crippen LogP contribution is 2.24. The lowest BCUT2D eigenvalue weighted by atomic mass is 9.83. The maximum absolute atomic E-state index is 13.1. The van der Waals surface area contributed by atoms with E-state index in [2.05, 4.69) is 29.8 Å². The van der Waals surface area contributed by atoms with Crippen LogP contribution >= 0.6 is 0 Å². The molecule has 41 heavy (non-hydrogen) atoms. The molecule has 0 heterocycles. The Morgan fingerprint density at radius 1 is 0.976 bits per heavy atom. The number of carbonyl (C=O) groups excluding carboxylic acids is 3. The molecule has 0 bridgehead atoms. The minimum Gasteiger partial charge on any atom is -0.493 e. The number of nitrogens with one attached hydrogen (secondary N) is 3. The van der Waals surface area contributed by atoms with E-state index in [-0.39, 0.29) is 41.9 Å². The predicted octanol–water partition coefficient (Wildman–Crippen LogP) is 2.88. The van der Waals surface area contributed by atoms with Crippen LogP contribution in [0.2, 0.25) is 0 Å². The van der Waals surface area contributed by atoms with Gasteiger partial charge in [0.2, 0.25) is 11.8 Å². The molecule has 0 saturated heterocycles. The third-order valence-electron chi connectivity index (χ3n) is 7.59. The zero-order valence-corrected chi connectivity index (χ0v) is 26.1. The number of para-hydroxylation sites is 1. The summed E-state index contributed by atoms with van der Waals surface area (Å²) < 4.78 is 10.9. The Morgan fingerprint density at radius 3 is 2.22 bits per heavy atom. The zero-order chi connectivity index (χ0) is 30.9. The van der Waals surface area contributed by atoms with Crippen molar-refractivity contribution >= 4 is 17.7 Å². The van der Waals surface area contributed by atoms with Crippen LogP contribution in [-0.4, -0.2) is 74.9 Å². The zero-order valence-electron chi connectivity index (χ0n) is 26.1. The molecule has 0 aromatic heterocycles. The summed E-state index contributed by atoms with van der Waals surface area (Å²) in [5, 5.41) is 19.4. The fourth-order valence-corrected chi connectivity index (χ4v) is 4.65. The fraction of sp³-hybridized carbons (Fsp3) is 0.710. The molecule has 1 aromatic carbocycles. The van der Waals surface area contributed by atoms with Crippen LogP contribution in [0.5, 0.6) is 5.75 Å². The molecule has 5 atom stereocenters. The van der Waals surface area contributed by atoms with Gasteiger partial charge in [-0.15, -0.1) is 0 Å². The first-order valence-electron chi connectivity index (χ1n) is 14.9. The van der Waals surface area contributed by atoms with Gasteiger partial charge in [-0.05, 0) is 62.0 Å². The Kier molecular flexibility index (Phi) is 17.2. The molecule has 0 saturated carbocycles. The molecule has 0 radical (unpaired) electrons. The van der Waals surface area contributed by atoms with Gasteiger partial charge in [0.05, 0.1) is 18.3 Å². The van der Waals surface area contributed by atoms with Gasteiger partial charge in [0.25, 0.3) is 5.91 Å². The van der Waals surface area contributed by atoms with Crippen molar-refractivity contribution in [3.63, 3.8) is 0 Å². The molecule has 0 aliphatic rings. The van der Waals surface area contributed by atoms with Gasteiger partial charge in [-0.2, -0.15) is 0 Å². The molecule has 6 N–H and O–H groups in total. The van der Waals surface area contributed by atoms with Crippen LogP contribution in [0.15, 0.2) is 24.3 Å². The number of likely N-dealkylation sites (N-methyl/N-ethyl adjacent to an activating group) is 1. The van der Waals surface area contributed by atoms with Gasteiger partial charge in [0, 0.05) is 39.3 Å². The summed E-state index contributed by atoms with van der Waals surface area (Å²) in [5.74, 6) is -0.560. The van der Waals surface area contributed by atoms with E-state index in [0.717, 1.165) is 12.8 Å². The molecule has 10 heteroatoms. The van der Waals surface area contributed by atoms with Gasteiger partial charge < -0.3 is 36.3 Å². The summed E-state index contributed by atoms with van der Waals surface area (Å²) in [6.07, 6.45) is 1.90. The van der Waals surface area contributed by atoms with Crippen molar-refractivity contribution in [1.29, 1.82) is 0 Å². The number of ether oxygens (including phenoxy) is 2. The van der Waals surface area contributed by atoms with Crippen LogP contribution in [0.4, 0.5) is 0 Å². The van der Waals surface area contributed by atoms with Crippen molar-refractivity contribution in [2.24, 2.45) is 29.4 Å². The predicted molar refractivity (Wildman–Crippen MR) is 162 cm³/mol. The monoisotopic (exact) mass is 578 g/mol. The number of aliphatic hydroxyl groups excluding tert-OH is 1. The van der Waals surface area contributed by atoms with Crippen LogP contribution < -0.4 is 26.4 Å². The summed E-state index contributed by atoms with van der Waals surface area (Å²) in [6.45, 7) is 11.3. The van der Waals surface area contributed by atoms with Crippen molar-refractivity contribution in [2.75, 3.05) is 33.9 Å². The standard InChI is InChI=1S/C31H54N4O6/c1-8-26(31(39)33-6)35-30(38)24(21(4)5)18-27(36)25(32)17-22(20(2)3)19-34-29(37)23-13-9-10-14-28(23)41-16-12-11-15-40-7/h9-10,13-14,20-22,24-27,36H,8,11-12,15-19,32H2,1-7H3,(H,33,39)(H,34,37)(H,35,38)/t22-,24+,25+,26+,27+/m1/s1. The molecule has 0 aliphatic carbocycles. The van der Waals surface area contributed by atoms with E-state index in [1.165, 1.54) is 7.05 Å². The quantitative estimate of drug-likeness (QED) is 0.149. The van der Waals surface area contributed by atoms with Gasteiger partial charge >= 0.3 is 0 Å². The van der Waals surface area contributed by atoms with Crippen molar-refractivity contribution < 1.29 is 29.0 Å². The number of unbranched alkanes of at least 4 members (excludes halogenated alkanes) is 1. The van der Waals surface area contributed by atoms with Gasteiger partial charge in [-0.3, -0.25) is 14.4 Å². The number of hydrogen-bond donors (Lipinski definition) is 5. The number of benzene rings is 1. The Morgan fingerprint density at radius 2 is 1.63 bits per heavy atom. The first kappa shape index (κ1) is 36.3. The number of aliphatic hydroxyl groups is 1. The summed E-state index contributed by atoms with van der Waals surface area (Å²) in [5.41, 5.74) is 6.92. The highest BCUT2D eigenvalue weighted by atomic mass is 16.5. The lowest BCUT2D eigenvalue weighted by Gasteiger charge is -2.30. The highest BCUT2D eigenvalue weighted by Gasteiger charge is 2.31. The lowest BCUT2D eigenvalue weighted by molar-refractivity contribution is -0.132. The van der Waals surface area contributed by atoms with Crippen LogP contribution in [-0.2, 0) is 14.3 Å². The normalized spacial score (nSPS) is 15.1. The van der Waals surface area contributed by atoms with Crippen molar-refractivity contribution in [2.45, 2.75) is 84.9 Å². The van der Waals surface area contributed by atoms with E-state index in [1.54, 1.807) is 25.3 Å². The molecule has 0 aliphatic heterocycles. The molecule has 0 spiro atoms. The summed E-state index contributed by atoms with van der Waals surface area (Å²) >= 11 is 0. The Labute approximate surface area is 246 Å². The van der Waals surface area contributed by atoms with E-state index in [9.17, 15) is 19.5 Å².